The lowest BCUT2D eigenvalue weighted by atomic mass is 9.81. The molecule has 1 aromatic carbocycles. The molecule has 0 bridgehead atoms. The van der Waals surface area contributed by atoms with Crippen LogP contribution in [0.5, 0.6) is 11.5 Å². The van der Waals surface area contributed by atoms with E-state index in [1.54, 1.807) is 0 Å². The molecule has 3 rings (SSSR count). The van der Waals surface area contributed by atoms with Crippen LogP contribution in [-0.2, 0) is 10.2 Å². The third kappa shape index (κ3) is 2.89. The fourth-order valence-electron chi connectivity index (χ4n) is 2.65. The summed E-state index contributed by atoms with van der Waals surface area (Å²) in [6, 6.07) is 3.86. The highest BCUT2D eigenvalue weighted by Crippen LogP contribution is 2.51. The van der Waals surface area contributed by atoms with Gasteiger partial charge in [0.1, 0.15) is 0 Å². The molecular formula is C16H19BrO4. The van der Waals surface area contributed by atoms with Gasteiger partial charge in [0.2, 0.25) is 0 Å². The van der Waals surface area contributed by atoms with E-state index < -0.39 is 11.4 Å². The third-order valence-electron chi connectivity index (χ3n) is 4.40. The molecule has 5 heteroatoms. The zero-order valence-corrected chi connectivity index (χ0v) is 13.8. The van der Waals surface area contributed by atoms with Crippen molar-refractivity contribution in [3.05, 3.63) is 22.2 Å². The van der Waals surface area contributed by atoms with Gasteiger partial charge in [0.15, 0.2) is 11.5 Å². The average molecular weight is 355 g/mol. The van der Waals surface area contributed by atoms with Crippen LogP contribution in [0.2, 0.25) is 0 Å². The van der Waals surface area contributed by atoms with Gasteiger partial charge in [-0.2, -0.15) is 0 Å². The zero-order chi connectivity index (χ0) is 15.3. The van der Waals surface area contributed by atoms with Gasteiger partial charge >= 0.3 is 5.97 Å². The second kappa shape index (κ2) is 4.90. The largest absolute Gasteiger partial charge is 0.489 e. The Morgan fingerprint density at radius 1 is 1.33 bits per heavy atom. The molecule has 4 nitrogen and oxygen atoms in total. The number of carboxylic acids is 1. The van der Waals surface area contributed by atoms with Gasteiger partial charge in [-0.15, -0.1) is 0 Å². The lowest BCUT2D eigenvalue weighted by Gasteiger charge is -2.24. The van der Waals surface area contributed by atoms with Crippen molar-refractivity contribution in [2.45, 2.75) is 38.5 Å². The number of benzene rings is 1. The quantitative estimate of drug-likeness (QED) is 0.897. The lowest BCUT2D eigenvalue weighted by Crippen LogP contribution is -2.21. The summed E-state index contributed by atoms with van der Waals surface area (Å²) in [7, 11) is 0. The second-order valence-corrected chi connectivity index (χ2v) is 7.67. The Morgan fingerprint density at radius 2 is 2.00 bits per heavy atom. The van der Waals surface area contributed by atoms with Crippen LogP contribution in [0.3, 0.4) is 0 Å². The summed E-state index contributed by atoms with van der Waals surface area (Å²) < 4.78 is 12.7. The van der Waals surface area contributed by atoms with Crippen LogP contribution >= 0.6 is 15.9 Å². The van der Waals surface area contributed by atoms with Crippen LogP contribution in [0.4, 0.5) is 0 Å². The van der Waals surface area contributed by atoms with Gasteiger partial charge in [-0.25, -0.2) is 0 Å². The maximum absolute atomic E-state index is 11.0. The molecule has 1 aromatic rings. The zero-order valence-electron chi connectivity index (χ0n) is 12.2. The number of ether oxygens (including phenoxy) is 2. The molecule has 0 radical (unpaired) electrons. The number of aliphatic carboxylic acids is 1. The van der Waals surface area contributed by atoms with Crippen molar-refractivity contribution >= 4 is 21.9 Å². The highest BCUT2D eigenvalue weighted by molar-refractivity contribution is 9.10. The smallest absolute Gasteiger partial charge is 0.304 e. The van der Waals surface area contributed by atoms with E-state index in [4.69, 9.17) is 14.6 Å². The summed E-state index contributed by atoms with van der Waals surface area (Å²) in [6.07, 6.45) is 2.37. The molecule has 1 aliphatic heterocycles. The van der Waals surface area contributed by atoms with E-state index >= 15 is 0 Å². The average Bonchev–Trinajstić information content (AvgIpc) is 3.16. The van der Waals surface area contributed by atoms with E-state index in [9.17, 15) is 4.79 Å². The van der Waals surface area contributed by atoms with Crippen molar-refractivity contribution in [2.75, 3.05) is 13.2 Å². The fraction of sp³-hybridized carbons (Fsp3) is 0.562. The van der Waals surface area contributed by atoms with E-state index in [-0.39, 0.29) is 11.8 Å². The molecule has 0 aromatic heterocycles. The Hall–Kier alpha value is -1.23. The van der Waals surface area contributed by atoms with Crippen LogP contribution < -0.4 is 9.47 Å². The van der Waals surface area contributed by atoms with Gasteiger partial charge in [0.05, 0.1) is 24.1 Å². The lowest BCUT2D eigenvalue weighted by molar-refractivity contribution is -0.138. The summed E-state index contributed by atoms with van der Waals surface area (Å²) in [4.78, 5) is 11.0. The number of hydrogen-bond acceptors (Lipinski definition) is 3. The van der Waals surface area contributed by atoms with Crippen LogP contribution in [-0.4, -0.2) is 24.3 Å². The number of rotatable bonds is 3. The van der Waals surface area contributed by atoms with Crippen molar-refractivity contribution in [3.8, 4) is 11.5 Å². The van der Waals surface area contributed by atoms with Crippen molar-refractivity contribution in [2.24, 2.45) is 5.41 Å². The maximum atomic E-state index is 11.0. The topological polar surface area (TPSA) is 55.8 Å². The van der Waals surface area contributed by atoms with Gasteiger partial charge in [-0.1, -0.05) is 13.8 Å². The summed E-state index contributed by atoms with van der Waals surface area (Å²) in [5.41, 5.74) is 0.664. The molecule has 0 saturated heterocycles. The summed E-state index contributed by atoms with van der Waals surface area (Å²) in [5, 5.41) is 9.07. The third-order valence-corrected chi connectivity index (χ3v) is 4.99. The Bertz CT molecular complexity index is 590. The number of hydrogen-bond donors (Lipinski definition) is 1. The molecule has 1 N–H and O–H groups in total. The van der Waals surface area contributed by atoms with Crippen LogP contribution in [0, 0.1) is 5.41 Å². The molecule has 1 spiro atoms. The molecule has 0 atom stereocenters. The Labute approximate surface area is 132 Å². The van der Waals surface area contributed by atoms with Gasteiger partial charge in [-0.05, 0) is 46.5 Å². The van der Waals surface area contributed by atoms with Gasteiger partial charge in [-0.3, -0.25) is 4.79 Å². The number of carboxylic acid groups (broad SMARTS) is 1. The molecule has 1 aliphatic carbocycles. The predicted octanol–water partition coefficient (Wildman–Crippen LogP) is 3.75. The highest BCUT2D eigenvalue weighted by Gasteiger charge is 2.46. The van der Waals surface area contributed by atoms with Gasteiger partial charge in [0, 0.05) is 10.8 Å². The van der Waals surface area contributed by atoms with E-state index in [2.05, 4.69) is 15.9 Å². The molecular weight excluding hydrogens is 336 g/mol. The maximum Gasteiger partial charge on any atom is 0.304 e. The molecule has 21 heavy (non-hydrogen) atoms. The first-order chi connectivity index (χ1) is 9.81. The first kappa shape index (κ1) is 14.7. The van der Waals surface area contributed by atoms with Crippen LogP contribution in [0.15, 0.2) is 16.6 Å². The van der Waals surface area contributed by atoms with Crippen molar-refractivity contribution < 1.29 is 19.4 Å². The Kier molecular flexibility index (Phi) is 3.43. The predicted molar refractivity (Wildman–Crippen MR) is 82.1 cm³/mol. The summed E-state index contributed by atoms with van der Waals surface area (Å²) in [6.45, 7) is 5.22. The minimum atomic E-state index is -0.805. The molecule has 1 saturated carbocycles. The van der Waals surface area contributed by atoms with Crippen molar-refractivity contribution in [1.82, 2.24) is 0 Å². The first-order valence-electron chi connectivity index (χ1n) is 7.13. The van der Waals surface area contributed by atoms with E-state index in [1.807, 2.05) is 26.0 Å². The molecule has 0 unspecified atom stereocenters. The highest BCUT2D eigenvalue weighted by atomic mass is 79.9. The van der Waals surface area contributed by atoms with E-state index in [1.165, 1.54) is 0 Å². The minimum absolute atomic E-state index is 0.0724. The number of fused-ring (bicyclic) bond motifs is 1. The van der Waals surface area contributed by atoms with Crippen LogP contribution in [0.1, 0.15) is 38.7 Å². The number of carbonyl (C=O) groups is 1. The van der Waals surface area contributed by atoms with Gasteiger partial charge < -0.3 is 14.6 Å². The Balaban J connectivity index is 1.94. The monoisotopic (exact) mass is 354 g/mol. The second-order valence-electron chi connectivity index (χ2n) is 6.82. The van der Waals surface area contributed by atoms with E-state index in [0.717, 1.165) is 28.6 Å². The SMILES string of the molecule is CC(C)(CC(=O)O)c1cc(Br)c2c(c1)OCC1(CC1)CO2. The van der Waals surface area contributed by atoms with Crippen molar-refractivity contribution in [1.29, 1.82) is 0 Å². The summed E-state index contributed by atoms with van der Waals surface area (Å²) in [5.74, 6) is 0.635. The minimum Gasteiger partial charge on any atom is -0.489 e. The van der Waals surface area contributed by atoms with Gasteiger partial charge in [0.25, 0.3) is 0 Å². The van der Waals surface area contributed by atoms with Crippen LogP contribution in [0.25, 0.3) is 0 Å². The first-order valence-corrected chi connectivity index (χ1v) is 7.92. The van der Waals surface area contributed by atoms with Crippen molar-refractivity contribution in [3.63, 3.8) is 0 Å². The standard InChI is InChI=1S/C16H19BrO4/c1-15(2,7-13(18)19)10-5-11(17)14-12(6-10)20-8-16(3-4-16)9-21-14/h5-6H,3-4,7-9H2,1-2H3,(H,18,19). The normalized spacial score (nSPS) is 19.2. The fourth-order valence-corrected chi connectivity index (χ4v) is 3.21. The molecule has 0 amide bonds. The molecule has 114 valence electrons. The summed E-state index contributed by atoms with van der Waals surface area (Å²) >= 11 is 3.53. The Morgan fingerprint density at radius 3 is 2.62 bits per heavy atom. The van der Waals surface area contributed by atoms with E-state index in [0.29, 0.717) is 19.0 Å². The molecule has 2 aliphatic rings. The molecule has 1 heterocycles. The number of halogens is 1. The molecule has 1 fully saturated rings.